The Bertz CT molecular complexity index is 525. The minimum Gasteiger partial charge on any atom is -0.330 e. The summed E-state index contributed by atoms with van der Waals surface area (Å²) in [6.07, 6.45) is 3.71. The standard InChI is InChI=1S/C12H14Cl2N4/c13-11-4-3-9(6-12(11)14)7-18-8-10(16-17-18)2-1-5-15/h3-4,6,8H,1-2,5,7,15H2. The summed E-state index contributed by atoms with van der Waals surface area (Å²) in [6.45, 7) is 1.30. The highest BCUT2D eigenvalue weighted by atomic mass is 35.5. The topological polar surface area (TPSA) is 56.7 Å². The van der Waals surface area contributed by atoms with Crippen molar-refractivity contribution in [3.8, 4) is 0 Å². The van der Waals surface area contributed by atoms with Crippen LogP contribution >= 0.6 is 23.2 Å². The van der Waals surface area contributed by atoms with E-state index in [9.17, 15) is 0 Å². The molecule has 0 amide bonds. The fraction of sp³-hybridized carbons (Fsp3) is 0.333. The minimum absolute atomic E-state index is 0.553. The fourth-order valence-electron chi connectivity index (χ4n) is 1.64. The highest BCUT2D eigenvalue weighted by Gasteiger charge is 2.03. The van der Waals surface area contributed by atoms with Crippen molar-refractivity contribution in [2.75, 3.05) is 6.54 Å². The quantitative estimate of drug-likeness (QED) is 0.918. The number of halogens is 2. The molecule has 0 radical (unpaired) electrons. The average Bonchev–Trinajstić information content (AvgIpc) is 2.79. The predicted molar refractivity (Wildman–Crippen MR) is 73.0 cm³/mol. The number of rotatable bonds is 5. The van der Waals surface area contributed by atoms with Crippen molar-refractivity contribution in [3.63, 3.8) is 0 Å². The van der Waals surface area contributed by atoms with Crippen LogP contribution in [0.5, 0.6) is 0 Å². The van der Waals surface area contributed by atoms with E-state index < -0.39 is 0 Å². The molecule has 0 saturated carbocycles. The third-order valence-corrected chi connectivity index (χ3v) is 3.29. The van der Waals surface area contributed by atoms with E-state index in [2.05, 4.69) is 10.3 Å². The van der Waals surface area contributed by atoms with Gasteiger partial charge in [0.25, 0.3) is 0 Å². The Morgan fingerprint density at radius 3 is 2.78 bits per heavy atom. The second-order valence-corrected chi connectivity index (χ2v) is 4.86. The van der Waals surface area contributed by atoms with Crippen LogP contribution < -0.4 is 5.73 Å². The van der Waals surface area contributed by atoms with Crippen molar-refractivity contribution in [2.45, 2.75) is 19.4 Å². The van der Waals surface area contributed by atoms with Crippen LogP contribution in [0.4, 0.5) is 0 Å². The van der Waals surface area contributed by atoms with Gasteiger partial charge in [-0.2, -0.15) is 0 Å². The lowest BCUT2D eigenvalue weighted by Gasteiger charge is -2.02. The smallest absolute Gasteiger partial charge is 0.0827 e. The van der Waals surface area contributed by atoms with Gasteiger partial charge in [0.05, 0.1) is 22.3 Å². The summed E-state index contributed by atoms with van der Waals surface area (Å²) in [6, 6.07) is 5.55. The van der Waals surface area contributed by atoms with E-state index in [4.69, 9.17) is 28.9 Å². The van der Waals surface area contributed by atoms with Crippen LogP contribution in [0.1, 0.15) is 17.7 Å². The first-order valence-corrected chi connectivity index (χ1v) is 6.47. The van der Waals surface area contributed by atoms with E-state index in [1.54, 1.807) is 10.7 Å². The molecule has 0 unspecified atom stereocenters. The molecule has 1 heterocycles. The van der Waals surface area contributed by atoms with Gasteiger partial charge in [0.1, 0.15) is 0 Å². The van der Waals surface area contributed by atoms with E-state index in [0.29, 0.717) is 23.1 Å². The normalized spacial score (nSPS) is 10.8. The van der Waals surface area contributed by atoms with E-state index >= 15 is 0 Å². The maximum Gasteiger partial charge on any atom is 0.0827 e. The summed E-state index contributed by atoms with van der Waals surface area (Å²) < 4.78 is 1.78. The number of hydrogen-bond donors (Lipinski definition) is 1. The molecule has 0 aliphatic rings. The van der Waals surface area contributed by atoms with E-state index in [1.165, 1.54) is 0 Å². The first-order chi connectivity index (χ1) is 8.69. The summed E-state index contributed by atoms with van der Waals surface area (Å²) in [5.74, 6) is 0. The molecule has 1 aromatic heterocycles. The summed E-state index contributed by atoms with van der Waals surface area (Å²) in [4.78, 5) is 0. The lowest BCUT2D eigenvalue weighted by molar-refractivity contribution is 0.649. The van der Waals surface area contributed by atoms with E-state index in [-0.39, 0.29) is 0 Å². The number of aryl methyl sites for hydroxylation is 1. The highest BCUT2D eigenvalue weighted by Crippen LogP contribution is 2.22. The van der Waals surface area contributed by atoms with Gasteiger partial charge < -0.3 is 5.73 Å². The molecule has 0 saturated heterocycles. The average molecular weight is 285 g/mol. The SMILES string of the molecule is NCCCc1cn(Cc2ccc(Cl)c(Cl)c2)nn1. The van der Waals surface area contributed by atoms with Gasteiger partial charge in [-0.25, -0.2) is 4.68 Å². The monoisotopic (exact) mass is 284 g/mol. The van der Waals surface area contributed by atoms with Crippen LogP contribution in [-0.4, -0.2) is 21.5 Å². The molecule has 0 aliphatic carbocycles. The molecule has 2 N–H and O–H groups in total. The van der Waals surface area contributed by atoms with Gasteiger partial charge in [-0.05, 0) is 37.1 Å². The summed E-state index contributed by atoms with van der Waals surface area (Å²) >= 11 is 11.8. The van der Waals surface area contributed by atoms with Crippen LogP contribution in [0.3, 0.4) is 0 Å². The number of hydrogen-bond acceptors (Lipinski definition) is 3. The highest BCUT2D eigenvalue weighted by molar-refractivity contribution is 6.42. The van der Waals surface area contributed by atoms with Crippen LogP contribution in [-0.2, 0) is 13.0 Å². The Morgan fingerprint density at radius 2 is 2.06 bits per heavy atom. The molecule has 96 valence electrons. The van der Waals surface area contributed by atoms with Crippen LogP contribution in [0.15, 0.2) is 24.4 Å². The Kier molecular flexibility index (Phi) is 4.58. The molecule has 0 bridgehead atoms. The molecule has 2 rings (SSSR count). The van der Waals surface area contributed by atoms with Gasteiger partial charge in [0.15, 0.2) is 0 Å². The molecule has 18 heavy (non-hydrogen) atoms. The Balaban J connectivity index is 2.04. The predicted octanol–water partition coefficient (Wildman–Crippen LogP) is 2.52. The lowest BCUT2D eigenvalue weighted by atomic mass is 10.2. The Hall–Kier alpha value is -1.10. The zero-order chi connectivity index (χ0) is 13.0. The van der Waals surface area contributed by atoms with Crippen molar-refractivity contribution in [3.05, 3.63) is 45.7 Å². The summed E-state index contributed by atoms with van der Waals surface area (Å²) in [5.41, 5.74) is 7.46. The van der Waals surface area contributed by atoms with Crippen LogP contribution in [0, 0.1) is 0 Å². The van der Waals surface area contributed by atoms with E-state index in [1.807, 2.05) is 18.3 Å². The first kappa shape index (κ1) is 13.3. The maximum absolute atomic E-state index is 5.96. The summed E-state index contributed by atoms with van der Waals surface area (Å²) in [5, 5.41) is 9.27. The molecule has 1 aromatic carbocycles. The Labute approximate surface area is 116 Å². The van der Waals surface area contributed by atoms with E-state index in [0.717, 1.165) is 24.1 Å². The third kappa shape index (κ3) is 3.45. The molecule has 4 nitrogen and oxygen atoms in total. The molecular weight excluding hydrogens is 271 g/mol. The molecule has 6 heteroatoms. The van der Waals surface area contributed by atoms with Crippen LogP contribution in [0.25, 0.3) is 0 Å². The lowest BCUT2D eigenvalue weighted by Crippen LogP contribution is -2.01. The zero-order valence-electron chi connectivity index (χ0n) is 9.81. The number of nitrogens with zero attached hydrogens (tertiary/aromatic N) is 3. The van der Waals surface area contributed by atoms with Crippen LogP contribution in [0.2, 0.25) is 10.0 Å². The van der Waals surface area contributed by atoms with Gasteiger partial charge in [-0.3, -0.25) is 0 Å². The fourth-order valence-corrected chi connectivity index (χ4v) is 1.96. The van der Waals surface area contributed by atoms with Crippen molar-refractivity contribution >= 4 is 23.2 Å². The first-order valence-electron chi connectivity index (χ1n) is 5.72. The number of aromatic nitrogens is 3. The summed E-state index contributed by atoms with van der Waals surface area (Å²) in [7, 11) is 0. The Morgan fingerprint density at radius 1 is 1.22 bits per heavy atom. The van der Waals surface area contributed by atoms with Crippen molar-refractivity contribution in [1.29, 1.82) is 0 Å². The molecule has 0 fully saturated rings. The third-order valence-electron chi connectivity index (χ3n) is 2.55. The molecule has 0 atom stereocenters. The van der Waals surface area contributed by atoms with Gasteiger partial charge in [0.2, 0.25) is 0 Å². The number of nitrogens with two attached hydrogens (primary N) is 1. The molecule has 0 aliphatic heterocycles. The second-order valence-electron chi connectivity index (χ2n) is 4.05. The molecular formula is C12H14Cl2N4. The molecule has 0 spiro atoms. The van der Waals surface area contributed by atoms with Gasteiger partial charge in [-0.1, -0.05) is 34.5 Å². The van der Waals surface area contributed by atoms with Crippen molar-refractivity contribution in [1.82, 2.24) is 15.0 Å². The maximum atomic E-state index is 5.96. The van der Waals surface area contributed by atoms with Gasteiger partial charge in [0, 0.05) is 6.20 Å². The molecule has 2 aromatic rings. The number of benzene rings is 1. The largest absolute Gasteiger partial charge is 0.330 e. The zero-order valence-corrected chi connectivity index (χ0v) is 11.3. The van der Waals surface area contributed by atoms with Crippen molar-refractivity contribution < 1.29 is 0 Å². The van der Waals surface area contributed by atoms with Gasteiger partial charge in [-0.15, -0.1) is 5.10 Å². The minimum atomic E-state index is 0.553. The second kappa shape index (κ2) is 6.18. The van der Waals surface area contributed by atoms with Crippen molar-refractivity contribution in [2.24, 2.45) is 5.73 Å². The van der Waals surface area contributed by atoms with Gasteiger partial charge >= 0.3 is 0 Å².